The van der Waals surface area contributed by atoms with Gasteiger partial charge in [-0.25, -0.2) is 0 Å². The van der Waals surface area contributed by atoms with E-state index in [1.165, 1.54) is 6.20 Å². The van der Waals surface area contributed by atoms with Gasteiger partial charge in [0.25, 0.3) is 5.91 Å². The lowest BCUT2D eigenvalue weighted by molar-refractivity contribution is 0.0982. The summed E-state index contributed by atoms with van der Waals surface area (Å²) in [4.78, 5) is 14.1. The van der Waals surface area contributed by atoms with Crippen molar-refractivity contribution in [1.29, 1.82) is 0 Å². The minimum atomic E-state index is -0.170. The molecule has 6 nitrogen and oxygen atoms in total. The Labute approximate surface area is 111 Å². The number of H-pyrrole nitrogens is 1. The topological polar surface area (TPSA) is 87.9 Å². The van der Waals surface area contributed by atoms with Gasteiger partial charge in [0.2, 0.25) is 0 Å². The predicted molar refractivity (Wildman–Crippen MR) is 72.9 cm³/mol. The second-order valence-electron chi connectivity index (χ2n) is 4.24. The van der Waals surface area contributed by atoms with Crippen LogP contribution >= 0.6 is 0 Å². The van der Waals surface area contributed by atoms with Crippen LogP contribution < -0.4 is 10.6 Å². The van der Waals surface area contributed by atoms with Crippen LogP contribution in [-0.2, 0) is 0 Å². The van der Waals surface area contributed by atoms with E-state index in [0.717, 1.165) is 17.7 Å². The molecule has 0 atom stereocenters. The third-order valence-electron chi connectivity index (χ3n) is 2.87. The standard InChI is InChI=1S/C13H17N5O/c1-10-5-2-3-6-12(10)18(8-4-7-14)13(19)11-9-15-17-16-11/h2-3,5-6,9H,4,7-8,14H2,1H3,(H,15,16,17). The minimum Gasteiger partial charge on any atom is -0.330 e. The van der Waals surface area contributed by atoms with Crippen LogP contribution in [0.15, 0.2) is 30.5 Å². The van der Waals surface area contributed by atoms with Gasteiger partial charge in [0, 0.05) is 12.2 Å². The van der Waals surface area contributed by atoms with Crippen LogP contribution in [0.3, 0.4) is 0 Å². The normalized spacial score (nSPS) is 10.4. The molecule has 0 radical (unpaired) electrons. The van der Waals surface area contributed by atoms with Crippen molar-refractivity contribution in [1.82, 2.24) is 15.4 Å². The van der Waals surface area contributed by atoms with E-state index in [0.29, 0.717) is 18.8 Å². The summed E-state index contributed by atoms with van der Waals surface area (Å²) >= 11 is 0. The van der Waals surface area contributed by atoms with Crippen molar-refractivity contribution in [2.24, 2.45) is 5.73 Å². The summed E-state index contributed by atoms with van der Waals surface area (Å²) in [5.74, 6) is -0.170. The summed E-state index contributed by atoms with van der Waals surface area (Å²) in [6.07, 6.45) is 2.16. The quantitative estimate of drug-likeness (QED) is 0.842. The SMILES string of the molecule is Cc1ccccc1N(CCCN)C(=O)c1cn[nH]n1. The molecule has 1 aromatic heterocycles. The number of aromatic nitrogens is 3. The fourth-order valence-electron chi connectivity index (χ4n) is 1.89. The van der Waals surface area contributed by atoms with Gasteiger partial charge >= 0.3 is 0 Å². The molecule has 0 spiro atoms. The molecule has 0 saturated carbocycles. The number of para-hydroxylation sites is 1. The number of nitrogens with one attached hydrogen (secondary N) is 1. The highest BCUT2D eigenvalue weighted by atomic mass is 16.2. The summed E-state index contributed by atoms with van der Waals surface area (Å²) in [7, 11) is 0. The Bertz CT molecular complexity index is 538. The van der Waals surface area contributed by atoms with Gasteiger partial charge in [0.15, 0.2) is 5.69 Å². The van der Waals surface area contributed by atoms with Crippen LogP contribution in [0.25, 0.3) is 0 Å². The summed E-state index contributed by atoms with van der Waals surface area (Å²) in [5, 5.41) is 9.97. The van der Waals surface area contributed by atoms with E-state index in [1.807, 2.05) is 31.2 Å². The van der Waals surface area contributed by atoms with Gasteiger partial charge in [-0.3, -0.25) is 4.79 Å². The molecule has 0 saturated heterocycles. The molecule has 3 N–H and O–H groups in total. The Morgan fingerprint density at radius 3 is 2.84 bits per heavy atom. The van der Waals surface area contributed by atoms with Crippen molar-refractivity contribution in [2.75, 3.05) is 18.0 Å². The molecule has 0 aliphatic rings. The van der Waals surface area contributed by atoms with Crippen LogP contribution in [-0.4, -0.2) is 34.4 Å². The largest absolute Gasteiger partial charge is 0.330 e. The van der Waals surface area contributed by atoms with Crippen molar-refractivity contribution in [2.45, 2.75) is 13.3 Å². The summed E-state index contributed by atoms with van der Waals surface area (Å²) in [6, 6.07) is 7.75. The maximum Gasteiger partial charge on any atom is 0.280 e. The number of anilines is 1. The van der Waals surface area contributed by atoms with Gasteiger partial charge < -0.3 is 10.6 Å². The Kier molecular flexibility index (Phi) is 4.25. The molecule has 0 bridgehead atoms. The van der Waals surface area contributed by atoms with Crippen molar-refractivity contribution in [3.05, 3.63) is 41.7 Å². The van der Waals surface area contributed by atoms with E-state index >= 15 is 0 Å². The van der Waals surface area contributed by atoms with Gasteiger partial charge in [-0.2, -0.15) is 15.4 Å². The number of nitrogens with two attached hydrogens (primary N) is 1. The van der Waals surface area contributed by atoms with Crippen LogP contribution in [0.4, 0.5) is 5.69 Å². The van der Waals surface area contributed by atoms with Crippen molar-refractivity contribution in [3.63, 3.8) is 0 Å². The first-order chi connectivity index (χ1) is 9.24. The van der Waals surface area contributed by atoms with Crippen LogP contribution in [0.2, 0.25) is 0 Å². The second kappa shape index (κ2) is 6.10. The molecule has 1 amide bonds. The van der Waals surface area contributed by atoms with Gasteiger partial charge in [-0.1, -0.05) is 18.2 Å². The molecule has 1 aromatic carbocycles. The monoisotopic (exact) mass is 259 g/mol. The molecule has 0 fully saturated rings. The summed E-state index contributed by atoms with van der Waals surface area (Å²) < 4.78 is 0. The first-order valence-electron chi connectivity index (χ1n) is 6.17. The number of hydrogen-bond acceptors (Lipinski definition) is 4. The average molecular weight is 259 g/mol. The fraction of sp³-hybridized carbons (Fsp3) is 0.308. The van der Waals surface area contributed by atoms with E-state index in [9.17, 15) is 4.79 Å². The first kappa shape index (κ1) is 13.2. The number of carbonyl (C=O) groups is 1. The van der Waals surface area contributed by atoms with Crippen molar-refractivity contribution in [3.8, 4) is 0 Å². The Balaban J connectivity index is 2.31. The molecule has 6 heteroatoms. The molecule has 0 aliphatic carbocycles. The van der Waals surface area contributed by atoms with E-state index < -0.39 is 0 Å². The van der Waals surface area contributed by atoms with Crippen LogP contribution in [0.5, 0.6) is 0 Å². The molecule has 0 aliphatic heterocycles. The molecule has 2 aromatic rings. The lowest BCUT2D eigenvalue weighted by atomic mass is 10.1. The third kappa shape index (κ3) is 2.97. The van der Waals surface area contributed by atoms with E-state index in [4.69, 9.17) is 5.73 Å². The second-order valence-corrected chi connectivity index (χ2v) is 4.24. The number of carbonyl (C=O) groups excluding carboxylic acids is 1. The molecule has 100 valence electrons. The Morgan fingerprint density at radius 2 is 2.21 bits per heavy atom. The average Bonchev–Trinajstić information content (AvgIpc) is 2.94. The first-order valence-corrected chi connectivity index (χ1v) is 6.17. The van der Waals surface area contributed by atoms with Gasteiger partial charge in [-0.15, -0.1) is 0 Å². The summed E-state index contributed by atoms with van der Waals surface area (Å²) in [5.41, 5.74) is 7.76. The minimum absolute atomic E-state index is 0.170. The fourth-order valence-corrected chi connectivity index (χ4v) is 1.89. The van der Waals surface area contributed by atoms with Crippen molar-refractivity contribution >= 4 is 11.6 Å². The highest BCUT2D eigenvalue weighted by Crippen LogP contribution is 2.21. The maximum atomic E-state index is 12.4. The summed E-state index contributed by atoms with van der Waals surface area (Å²) in [6.45, 7) is 3.07. The number of nitrogens with zero attached hydrogens (tertiary/aromatic N) is 3. The highest BCUT2D eigenvalue weighted by molar-refractivity contribution is 6.04. The van der Waals surface area contributed by atoms with Crippen molar-refractivity contribution < 1.29 is 4.79 Å². The zero-order valence-corrected chi connectivity index (χ0v) is 10.8. The molecular formula is C13H17N5O. The number of benzene rings is 1. The molecule has 19 heavy (non-hydrogen) atoms. The Morgan fingerprint density at radius 1 is 1.42 bits per heavy atom. The van der Waals surface area contributed by atoms with E-state index in [1.54, 1.807) is 4.90 Å². The lowest BCUT2D eigenvalue weighted by Crippen LogP contribution is -2.33. The third-order valence-corrected chi connectivity index (χ3v) is 2.87. The number of hydrogen-bond donors (Lipinski definition) is 2. The molecule has 0 unspecified atom stereocenters. The van der Waals surface area contributed by atoms with E-state index in [-0.39, 0.29) is 5.91 Å². The smallest absolute Gasteiger partial charge is 0.280 e. The van der Waals surface area contributed by atoms with Gasteiger partial charge in [0.05, 0.1) is 6.20 Å². The number of aromatic amines is 1. The zero-order valence-electron chi connectivity index (χ0n) is 10.8. The molecule has 1 heterocycles. The molecule has 2 rings (SSSR count). The highest BCUT2D eigenvalue weighted by Gasteiger charge is 2.20. The number of aryl methyl sites for hydroxylation is 1. The lowest BCUT2D eigenvalue weighted by Gasteiger charge is -2.23. The Hall–Kier alpha value is -2.21. The van der Waals surface area contributed by atoms with Crippen LogP contribution in [0, 0.1) is 6.92 Å². The predicted octanol–water partition coefficient (Wildman–Crippen LogP) is 1.11. The molecular weight excluding hydrogens is 242 g/mol. The number of amides is 1. The van der Waals surface area contributed by atoms with Crippen LogP contribution in [0.1, 0.15) is 22.5 Å². The van der Waals surface area contributed by atoms with Gasteiger partial charge in [0.1, 0.15) is 0 Å². The number of rotatable bonds is 5. The zero-order chi connectivity index (χ0) is 13.7. The van der Waals surface area contributed by atoms with E-state index in [2.05, 4.69) is 15.4 Å². The maximum absolute atomic E-state index is 12.4. The van der Waals surface area contributed by atoms with Gasteiger partial charge in [-0.05, 0) is 31.5 Å².